The first-order valence-corrected chi connectivity index (χ1v) is 19.9. The zero-order valence-electron chi connectivity index (χ0n) is 33.2. The smallest absolute Gasteiger partial charge is 0.407 e. The summed E-state index contributed by atoms with van der Waals surface area (Å²) in [6.45, 7) is 15.7. The van der Waals surface area contributed by atoms with Gasteiger partial charge in [-0.15, -0.1) is 5.10 Å². The number of esters is 1. The molecule has 3 fully saturated rings. The highest BCUT2D eigenvalue weighted by Gasteiger charge is 2.50. The summed E-state index contributed by atoms with van der Waals surface area (Å²) in [4.78, 5) is 54.2. The van der Waals surface area contributed by atoms with E-state index in [1.165, 1.54) is 5.69 Å². The zero-order valence-corrected chi connectivity index (χ0v) is 33.2. The third-order valence-electron chi connectivity index (χ3n) is 11.8. The van der Waals surface area contributed by atoms with Gasteiger partial charge in [0.15, 0.2) is 0 Å². The van der Waals surface area contributed by atoms with Gasteiger partial charge in [0.05, 0.1) is 54.3 Å². The number of fused-ring (bicyclic) bond motifs is 2. The highest BCUT2D eigenvalue weighted by Crippen LogP contribution is 2.53. The Labute approximate surface area is 315 Å². The predicted molar refractivity (Wildman–Crippen MR) is 197 cm³/mol. The molecule has 2 saturated carbocycles. The Hall–Kier alpha value is -3.10. The van der Waals surface area contributed by atoms with Crippen LogP contribution in [0, 0.1) is 29.6 Å². The summed E-state index contributed by atoms with van der Waals surface area (Å²) in [5, 5.41) is 11.8. The summed E-state index contributed by atoms with van der Waals surface area (Å²) in [6.07, 6.45) is 6.97. The van der Waals surface area contributed by atoms with E-state index in [-0.39, 0.29) is 66.3 Å². The Morgan fingerprint density at radius 2 is 1.66 bits per heavy atom. The minimum atomic E-state index is -0.504. The minimum Gasteiger partial charge on any atom is -0.464 e. The fourth-order valence-electron chi connectivity index (χ4n) is 7.59. The highest BCUT2D eigenvalue weighted by atomic mass is 16.5. The van der Waals surface area contributed by atoms with Crippen molar-refractivity contribution in [2.45, 2.75) is 123 Å². The number of aromatic nitrogens is 3. The van der Waals surface area contributed by atoms with Gasteiger partial charge in [-0.1, -0.05) is 19.1 Å². The number of ether oxygens (including phenoxy) is 4. The van der Waals surface area contributed by atoms with Crippen LogP contribution in [0.3, 0.4) is 0 Å². The molecule has 3 aliphatic carbocycles. The number of carbonyl (C=O) groups excluding carboxylic acids is 4. The van der Waals surface area contributed by atoms with Crippen LogP contribution in [-0.2, 0) is 52.7 Å². The van der Waals surface area contributed by atoms with Crippen molar-refractivity contribution in [3.05, 3.63) is 11.4 Å². The molecule has 14 heteroatoms. The Bertz CT molecular complexity index is 1420. The van der Waals surface area contributed by atoms with E-state index in [2.05, 4.69) is 48.0 Å². The van der Waals surface area contributed by atoms with E-state index in [0.717, 1.165) is 63.6 Å². The third-order valence-corrected chi connectivity index (χ3v) is 11.8. The number of amides is 2. The van der Waals surface area contributed by atoms with Crippen LogP contribution in [0.4, 0.5) is 4.79 Å². The summed E-state index contributed by atoms with van der Waals surface area (Å²) < 4.78 is 24.9. The number of hydrogen-bond acceptors (Lipinski definition) is 11. The number of aryl methyl sites for hydroxylation is 2. The quantitative estimate of drug-likeness (QED) is 0.206. The van der Waals surface area contributed by atoms with E-state index < -0.39 is 6.09 Å². The number of alkyl carbamates (subject to hydrolysis) is 1. The van der Waals surface area contributed by atoms with E-state index in [9.17, 15) is 19.2 Å². The molecule has 4 atom stereocenters. The maximum atomic E-state index is 13.1. The Morgan fingerprint density at radius 3 is 2.36 bits per heavy atom. The summed E-state index contributed by atoms with van der Waals surface area (Å²) in [7, 11) is 1.73. The lowest BCUT2D eigenvalue weighted by atomic mass is 10.0. The number of methoxy groups -OCH3 is 1. The molecule has 2 amide bonds. The van der Waals surface area contributed by atoms with Gasteiger partial charge in [-0.05, 0) is 96.8 Å². The molecule has 1 aromatic rings. The number of hydrogen-bond donors (Lipinski definition) is 1. The molecule has 0 aromatic carbocycles. The Balaban J connectivity index is 0.997. The van der Waals surface area contributed by atoms with Gasteiger partial charge in [0, 0.05) is 52.2 Å². The average molecular weight is 745 g/mol. The van der Waals surface area contributed by atoms with Gasteiger partial charge < -0.3 is 29.2 Å². The number of rotatable bonds is 19. The molecule has 298 valence electrons. The third kappa shape index (κ3) is 11.9. The zero-order chi connectivity index (χ0) is 38.3. The molecule has 1 saturated heterocycles. The van der Waals surface area contributed by atoms with Crippen molar-refractivity contribution in [3.8, 4) is 0 Å². The fourth-order valence-corrected chi connectivity index (χ4v) is 7.59. The van der Waals surface area contributed by atoms with E-state index in [4.69, 9.17) is 18.9 Å². The van der Waals surface area contributed by atoms with E-state index >= 15 is 0 Å². The topological polar surface area (TPSA) is 154 Å². The van der Waals surface area contributed by atoms with Crippen LogP contribution in [0.2, 0.25) is 0 Å². The van der Waals surface area contributed by atoms with Crippen LogP contribution in [0.1, 0.15) is 97.9 Å². The summed E-state index contributed by atoms with van der Waals surface area (Å²) in [5.74, 6) is 1.08. The molecule has 0 spiro atoms. The number of ketones is 1. The first kappa shape index (κ1) is 41.1. The lowest BCUT2D eigenvalue weighted by Crippen LogP contribution is -2.57. The van der Waals surface area contributed by atoms with Crippen molar-refractivity contribution in [2.24, 2.45) is 29.6 Å². The van der Waals surface area contributed by atoms with Crippen molar-refractivity contribution in [3.63, 3.8) is 0 Å². The van der Waals surface area contributed by atoms with Gasteiger partial charge in [0.1, 0.15) is 12.4 Å². The predicted octanol–water partition coefficient (Wildman–Crippen LogP) is 3.83. The first-order chi connectivity index (χ1) is 25.2. The van der Waals surface area contributed by atoms with Crippen LogP contribution >= 0.6 is 0 Å². The van der Waals surface area contributed by atoms with Crippen LogP contribution in [0.5, 0.6) is 0 Å². The molecule has 4 aliphatic rings. The highest BCUT2D eigenvalue weighted by molar-refractivity contribution is 5.85. The Morgan fingerprint density at radius 1 is 0.925 bits per heavy atom. The van der Waals surface area contributed by atoms with Gasteiger partial charge in [-0.2, -0.15) is 0 Å². The van der Waals surface area contributed by atoms with E-state index in [1.54, 1.807) is 25.9 Å². The van der Waals surface area contributed by atoms with Gasteiger partial charge in [-0.3, -0.25) is 19.3 Å². The maximum absolute atomic E-state index is 13.1. The van der Waals surface area contributed by atoms with Crippen molar-refractivity contribution >= 4 is 23.8 Å². The second-order valence-corrected chi connectivity index (χ2v) is 17.1. The molecular weight excluding hydrogens is 680 g/mol. The standard InChI is InChI=1S/C39H64N6O8/c1-26(2)36(48)51-24-28-22-44(20-19-43(28)23-34(46)27-8-9-27)35(47)14-17-40-37(49)52-25-31-29-10-12-32-33(13-11-30(29)31)45(42-41-32)18-15-39(5,6)53-21-16-38(3,4)50-7/h26-31H,8-25H2,1-7H3,(H,40,49)/t28?,29-,30+,31?/m0/s1. The second-order valence-electron chi connectivity index (χ2n) is 17.1. The van der Waals surface area contributed by atoms with Crippen molar-refractivity contribution in [2.75, 3.05) is 59.7 Å². The first-order valence-electron chi connectivity index (χ1n) is 19.9. The van der Waals surface area contributed by atoms with Crippen molar-refractivity contribution < 1.29 is 38.1 Å². The lowest BCUT2D eigenvalue weighted by molar-refractivity contribution is -0.150. The van der Waals surface area contributed by atoms with Gasteiger partial charge >= 0.3 is 12.1 Å². The van der Waals surface area contributed by atoms with E-state index in [0.29, 0.717) is 57.1 Å². The average Bonchev–Trinajstić information content (AvgIpc) is 4.03. The minimum absolute atomic E-state index is 0.0895. The number of nitrogens with zero attached hydrogens (tertiary/aromatic N) is 5. The Kier molecular flexibility index (Phi) is 14.0. The van der Waals surface area contributed by atoms with Crippen LogP contribution in [-0.4, -0.2) is 125 Å². The van der Waals surface area contributed by atoms with Gasteiger partial charge in [0.2, 0.25) is 5.91 Å². The van der Waals surface area contributed by atoms with Gasteiger partial charge in [-0.25, -0.2) is 9.48 Å². The molecule has 1 N–H and O–H groups in total. The molecule has 2 heterocycles. The molecule has 5 rings (SSSR count). The van der Waals surface area contributed by atoms with Gasteiger partial charge in [0.25, 0.3) is 0 Å². The molecule has 53 heavy (non-hydrogen) atoms. The summed E-state index contributed by atoms with van der Waals surface area (Å²) in [5.41, 5.74) is 1.79. The normalized spacial score (nSPS) is 23.4. The number of nitrogens with one attached hydrogen (secondary N) is 1. The number of Topliss-reactive ketones (excluding diaryl/α,β-unsaturated/α-hetero) is 1. The molecule has 1 aliphatic heterocycles. The maximum Gasteiger partial charge on any atom is 0.407 e. The summed E-state index contributed by atoms with van der Waals surface area (Å²) in [6, 6.07) is -0.245. The molecular formula is C39H64N6O8. The molecule has 1 aromatic heterocycles. The van der Waals surface area contributed by atoms with Crippen molar-refractivity contribution in [1.29, 1.82) is 0 Å². The fraction of sp³-hybridized carbons (Fsp3) is 0.846. The molecule has 2 unspecified atom stereocenters. The number of piperazine rings is 1. The summed E-state index contributed by atoms with van der Waals surface area (Å²) >= 11 is 0. The number of carbonyl (C=O) groups is 4. The van der Waals surface area contributed by atoms with E-state index in [1.807, 2.05) is 4.90 Å². The van der Waals surface area contributed by atoms with Crippen molar-refractivity contribution in [1.82, 2.24) is 30.1 Å². The lowest BCUT2D eigenvalue weighted by Gasteiger charge is -2.41. The second kappa shape index (κ2) is 18.0. The van der Waals surface area contributed by atoms with Crippen LogP contribution in [0.25, 0.3) is 0 Å². The largest absolute Gasteiger partial charge is 0.464 e. The van der Waals surface area contributed by atoms with Crippen LogP contribution < -0.4 is 5.32 Å². The monoisotopic (exact) mass is 744 g/mol. The SMILES string of the molecule is COC(C)(C)CCOC(C)(C)CCn1nnc2c1CC[C@H]1C(COC(=O)NCCC(=O)N3CCN(CC(=O)C4CC4)C(COC(=O)C(C)C)C3)[C@H]1CC2. The molecule has 0 bridgehead atoms. The molecule has 14 nitrogen and oxygen atoms in total. The molecule has 0 radical (unpaired) electrons. The van der Waals surface area contributed by atoms with Crippen LogP contribution in [0.15, 0.2) is 0 Å².